The third-order valence-corrected chi connectivity index (χ3v) is 1.36. The highest BCUT2D eigenvalue weighted by Crippen LogP contribution is 2.17. The first-order valence-electron chi connectivity index (χ1n) is 3.26. The van der Waals surface area contributed by atoms with Crippen LogP contribution in [0.3, 0.4) is 0 Å². The SMILES string of the molecule is O=C(O)c1cc(C(F)F)c[n+]([O-])c1. The topological polar surface area (TPSA) is 64.2 Å². The molecule has 0 saturated carbocycles. The van der Waals surface area contributed by atoms with Gasteiger partial charge in [-0.1, -0.05) is 0 Å². The van der Waals surface area contributed by atoms with Crippen molar-refractivity contribution < 1.29 is 23.4 Å². The zero-order valence-electron chi connectivity index (χ0n) is 6.28. The van der Waals surface area contributed by atoms with E-state index in [1.807, 2.05) is 0 Å². The largest absolute Gasteiger partial charge is 0.619 e. The molecule has 0 spiro atoms. The molecule has 0 atom stereocenters. The number of rotatable bonds is 2. The summed E-state index contributed by atoms with van der Waals surface area (Å²) in [6, 6.07) is 0.765. The van der Waals surface area contributed by atoms with E-state index in [1.54, 1.807) is 0 Å². The molecule has 0 saturated heterocycles. The molecule has 6 heteroatoms. The van der Waals surface area contributed by atoms with Gasteiger partial charge in [-0.3, -0.25) is 0 Å². The maximum atomic E-state index is 12.0. The van der Waals surface area contributed by atoms with E-state index in [9.17, 15) is 18.8 Å². The van der Waals surface area contributed by atoms with Gasteiger partial charge in [-0.05, 0) is 6.07 Å². The van der Waals surface area contributed by atoms with Crippen LogP contribution in [0, 0.1) is 5.21 Å². The Bertz CT molecular complexity index is 341. The molecule has 0 aliphatic carbocycles. The Hall–Kier alpha value is -1.72. The van der Waals surface area contributed by atoms with Crippen molar-refractivity contribution in [2.24, 2.45) is 0 Å². The minimum absolute atomic E-state index is 0.0466. The predicted octanol–water partition coefficient (Wildman–Crippen LogP) is 0.956. The van der Waals surface area contributed by atoms with Gasteiger partial charge in [0, 0.05) is 0 Å². The van der Waals surface area contributed by atoms with Crippen LogP contribution in [0.15, 0.2) is 18.5 Å². The molecule has 0 amide bonds. The summed E-state index contributed by atoms with van der Waals surface area (Å²) < 4.78 is 24.1. The van der Waals surface area contributed by atoms with Crippen LogP contribution >= 0.6 is 0 Å². The van der Waals surface area contributed by atoms with E-state index in [1.165, 1.54) is 0 Å². The molecule has 0 radical (unpaired) electrons. The number of halogens is 2. The molecule has 1 aromatic heterocycles. The summed E-state index contributed by atoms with van der Waals surface area (Å²) in [5, 5.41) is 19.1. The fourth-order valence-corrected chi connectivity index (χ4v) is 0.812. The second-order valence-electron chi connectivity index (χ2n) is 2.32. The van der Waals surface area contributed by atoms with Crippen molar-refractivity contribution in [3.63, 3.8) is 0 Å². The van der Waals surface area contributed by atoms with Crippen molar-refractivity contribution in [3.8, 4) is 0 Å². The second-order valence-corrected chi connectivity index (χ2v) is 2.32. The van der Waals surface area contributed by atoms with E-state index in [4.69, 9.17) is 5.11 Å². The van der Waals surface area contributed by atoms with Crippen LogP contribution in [-0.4, -0.2) is 11.1 Å². The summed E-state index contributed by atoms with van der Waals surface area (Å²) in [5.41, 5.74) is -1.05. The molecule has 0 unspecified atom stereocenters. The first-order valence-corrected chi connectivity index (χ1v) is 3.26. The van der Waals surface area contributed by atoms with E-state index in [0.717, 1.165) is 6.07 Å². The first kappa shape index (κ1) is 9.37. The number of aromatic carboxylic acids is 1. The number of nitrogens with zero attached hydrogens (tertiary/aromatic N) is 1. The van der Waals surface area contributed by atoms with Crippen LogP contribution in [0.25, 0.3) is 0 Å². The van der Waals surface area contributed by atoms with Gasteiger partial charge in [0.1, 0.15) is 5.56 Å². The van der Waals surface area contributed by atoms with Crippen molar-refractivity contribution >= 4 is 5.97 Å². The number of hydrogen-bond donors (Lipinski definition) is 1. The predicted molar refractivity (Wildman–Crippen MR) is 37.3 cm³/mol. The lowest BCUT2D eigenvalue weighted by Gasteiger charge is -2.01. The molecule has 1 rings (SSSR count). The molecule has 4 nitrogen and oxygen atoms in total. The van der Waals surface area contributed by atoms with Crippen LogP contribution in [0.2, 0.25) is 0 Å². The molecule has 0 fully saturated rings. The molecule has 0 bridgehead atoms. The Morgan fingerprint density at radius 2 is 2.15 bits per heavy atom. The Morgan fingerprint density at radius 1 is 1.54 bits per heavy atom. The van der Waals surface area contributed by atoms with Gasteiger partial charge in [0.2, 0.25) is 0 Å². The van der Waals surface area contributed by atoms with Crippen LogP contribution in [-0.2, 0) is 0 Å². The summed E-state index contributed by atoms with van der Waals surface area (Å²) in [6.07, 6.45) is -1.50. The highest BCUT2D eigenvalue weighted by atomic mass is 19.3. The Morgan fingerprint density at radius 3 is 2.62 bits per heavy atom. The molecular weight excluding hydrogens is 184 g/mol. The molecule has 70 valence electrons. The third-order valence-electron chi connectivity index (χ3n) is 1.36. The minimum Gasteiger partial charge on any atom is -0.619 e. The van der Waals surface area contributed by atoms with E-state index < -0.39 is 23.5 Å². The summed E-state index contributed by atoms with van der Waals surface area (Å²) >= 11 is 0. The monoisotopic (exact) mass is 189 g/mol. The average Bonchev–Trinajstić information content (AvgIpc) is 2.03. The quantitative estimate of drug-likeness (QED) is 0.556. The normalized spacial score (nSPS) is 10.4. The highest BCUT2D eigenvalue weighted by molar-refractivity contribution is 5.87. The highest BCUT2D eigenvalue weighted by Gasteiger charge is 2.15. The van der Waals surface area contributed by atoms with E-state index >= 15 is 0 Å². The van der Waals surface area contributed by atoms with Gasteiger partial charge in [-0.25, -0.2) is 13.6 Å². The first-order chi connectivity index (χ1) is 6.00. The molecule has 1 heterocycles. The van der Waals surface area contributed by atoms with Crippen molar-refractivity contribution in [2.45, 2.75) is 6.43 Å². The van der Waals surface area contributed by atoms with Gasteiger partial charge >= 0.3 is 5.97 Å². The van der Waals surface area contributed by atoms with Gasteiger partial charge in [-0.2, -0.15) is 4.73 Å². The second kappa shape index (κ2) is 3.34. The Kier molecular flexibility index (Phi) is 2.41. The van der Waals surface area contributed by atoms with Gasteiger partial charge in [0.05, 0.1) is 5.56 Å². The van der Waals surface area contributed by atoms with E-state index in [2.05, 4.69) is 0 Å². The average molecular weight is 189 g/mol. The summed E-state index contributed by atoms with van der Waals surface area (Å²) in [5.74, 6) is -1.41. The maximum Gasteiger partial charge on any atom is 0.341 e. The zero-order chi connectivity index (χ0) is 10.0. The maximum absolute atomic E-state index is 12.0. The van der Waals surface area contributed by atoms with Gasteiger partial charge in [0.25, 0.3) is 6.43 Å². The fourth-order valence-electron chi connectivity index (χ4n) is 0.812. The number of carboxylic acids is 1. The van der Waals surface area contributed by atoms with E-state index in [-0.39, 0.29) is 4.73 Å². The lowest BCUT2D eigenvalue weighted by atomic mass is 10.2. The standard InChI is InChI=1S/C7H5F2NO3/c8-6(9)4-1-5(7(11)12)3-10(13)2-4/h1-3,6H,(H,11,12). The Balaban J connectivity index is 3.19. The molecule has 13 heavy (non-hydrogen) atoms. The molecule has 1 N–H and O–H groups in total. The summed E-state index contributed by atoms with van der Waals surface area (Å²) in [7, 11) is 0. The number of alkyl halides is 2. The summed E-state index contributed by atoms with van der Waals surface area (Å²) in [4.78, 5) is 10.3. The third kappa shape index (κ3) is 2.11. The van der Waals surface area contributed by atoms with E-state index in [0.29, 0.717) is 12.4 Å². The van der Waals surface area contributed by atoms with Crippen LogP contribution < -0.4 is 4.73 Å². The minimum atomic E-state index is -2.85. The lowest BCUT2D eigenvalue weighted by molar-refractivity contribution is -0.606. The summed E-state index contributed by atoms with van der Waals surface area (Å²) in [6.45, 7) is 0. The number of carboxylic acid groups (broad SMARTS) is 1. The van der Waals surface area contributed by atoms with Crippen molar-refractivity contribution in [1.82, 2.24) is 0 Å². The number of aromatic nitrogens is 1. The van der Waals surface area contributed by atoms with Crippen molar-refractivity contribution in [2.75, 3.05) is 0 Å². The van der Waals surface area contributed by atoms with Gasteiger partial charge in [-0.15, -0.1) is 0 Å². The molecule has 0 aliphatic rings. The smallest absolute Gasteiger partial charge is 0.341 e. The molecule has 0 aromatic carbocycles. The van der Waals surface area contributed by atoms with Gasteiger partial charge < -0.3 is 10.3 Å². The number of pyridine rings is 1. The van der Waals surface area contributed by atoms with Crippen molar-refractivity contribution in [3.05, 3.63) is 34.8 Å². The molecule has 0 aliphatic heterocycles. The zero-order valence-corrected chi connectivity index (χ0v) is 6.28. The lowest BCUT2D eigenvalue weighted by Crippen LogP contribution is -2.27. The number of hydrogen-bond acceptors (Lipinski definition) is 2. The molecular formula is C7H5F2NO3. The van der Waals surface area contributed by atoms with Crippen LogP contribution in [0.5, 0.6) is 0 Å². The van der Waals surface area contributed by atoms with Gasteiger partial charge in [0.15, 0.2) is 12.4 Å². The molecule has 1 aromatic rings. The van der Waals surface area contributed by atoms with Crippen LogP contribution in [0.4, 0.5) is 8.78 Å². The van der Waals surface area contributed by atoms with Crippen LogP contribution in [0.1, 0.15) is 22.3 Å². The Labute approximate surface area is 71.6 Å². The van der Waals surface area contributed by atoms with Crippen molar-refractivity contribution in [1.29, 1.82) is 0 Å². The fraction of sp³-hybridized carbons (Fsp3) is 0.143. The number of carbonyl (C=O) groups is 1.